The maximum absolute atomic E-state index is 13.2. The first-order valence-corrected chi connectivity index (χ1v) is 12.6. The van der Waals surface area contributed by atoms with Gasteiger partial charge in [-0.2, -0.15) is 0 Å². The molecule has 0 spiro atoms. The summed E-state index contributed by atoms with van der Waals surface area (Å²) in [7, 11) is 0. The molecule has 1 heterocycles. The smallest absolute Gasteiger partial charge is 0.251 e. The van der Waals surface area contributed by atoms with E-state index in [0.29, 0.717) is 31.0 Å². The molecule has 34 heavy (non-hydrogen) atoms. The Balaban J connectivity index is 1.34. The van der Waals surface area contributed by atoms with Crippen molar-refractivity contribution in [3.8, 4) is 0 Å². The molecule has 1 unspecified atom stereocenters. The first-order chi connectivity index (χ1) is 16.6. The lowest BCUT2D eigenvalue weighted by Crippen LogP contribution is -2.53. The van der Waals surface area contributed by atoms with Crippen LogP contribution in [0.4, 0.5) is 0 Å². The maximum Gasteiger partial charge on any atom is 0.251 e. The van der Waals surface area contributed by atoms with E-state index in [2.05, 4.69) is 10.6 Å². The Labute approximate surface area is 202 Å². The van der Waals surface area contributed by atoms with Gasteiger partial charge in [0.25, 0.3) is 5.91 Å². The van der Waals surface area contributed by atoms with Crippen LogP contribution in [0.3, 0.4) is 0 Å². The van der Waals surface area contributed by atoms with Crippen molar-refractivity contribution in [1.82, 2.24) is 15.5 Å². The molecule has 1 aliphatic heterocycles. The third-order valence-electron chi connectivity index (χ3n) is 7.05. The van der Waals surface area contributed by atoms with Crippen molar-refractivity contribution < 1.29 is 14.4 Å². The van der Waals surface area contributed by atoms with Gasteiger partial charge in [-0.15, -0.1) is 0 Å². The van der Waals surface area contributed by atoms with Crippen LogP contribution in [0.25, 0.3) is 0 Å². The molecule has 6 heteroatoms. The predicted molar refractivity (Wildman–Crippen MR) is 132 cm³/mol. The van der Waals surface area contributed by atoms with Crippen LogP contribution >= 0.6 is 0 Å². The van der Waals surface area contributed by atoms with Crippen LogP contribution in [0.1, 0.15) is 60.9 Å². The molecule has 1 saturated heterocycles. The fraction of sp³-hybridized carbons (Fsp3) is 0.464. The van der Waals surface area contributed by atoms with E-state index in [1.54, 1.807) is 12.1 Å². The molecule has 0 radical (unpaired) electrons. The molecule has 2 aromatic rings. The fourth-order valence-electron chi connectivity index (χ4n) is 5.04. The standard InChI is InChI=1S/C28H35N3O3/c32-26(22-12-6-2-7-13-22)30-25(20-21-10-4-1-5-11-21)27(33)29-24-16-18-31(19-17-24)28(34)23-14-8-3-9-15-23/h1-2,4-7,10-13,23-25H,3,8-9,14-20H2,(H,29,33)(H,30,32). The third kappa shape index (κ3) is 6.46. The summed E-state index contributed by atoms with van der Waals surface area (Å²) in [4.78, 5) is 40.8. The average molecular weight is 462 g/mol. The van der Waals surface area contributed by atoms with Gasteiger partial charge in [-0.25, -0.2) is 0 Å². The van der Waals surface area contributed by atoms with Crippen molar-refractivity contribution in [1.29, 1.82) is 0 Å². The number of likely N-dealkylation sites (tertiary alicyclic amines) is 1. The summed E-state index contributed by atoms with van der Waals surface area (Å²) >= 11 is 0. The van der Waals surface area contributed by atoms with Gasteiger partial charge in [-0.1, -0.05) is 67.8 Å². The Morgan fingerprint density at radius 1 is 0.824 bits per heavy atom. The zero-order chi connectivity index (χ0) is 23.8. The Hall–Kier alpha value is -3.15. The molecule has 180 valence electrons. The van der Waals surface area contributed by atoms with E-state index in [4.69, 9.17) is 0 Å². The first-order valence-electron chi connectivity index (χ1n) is 12.6. The van der Waals surface area contributed by atoms with Crippen molar-refractivity contribution in [3.05, 3.63) is 71.8 Å². The number of nitrogens with one attached hydrogen (secondary N) is 2. The second kappa shape index (κ2) is 11.8. The van der Waals surface area contributed by atoms with Crippen molar-refractivity contribution in [2.45, 2.75) is 63.5 Å². The van der Waals surface area contributed by atoms with Crippen molar-refractivity contribution in [2.75, 3.05) is 13.1 Å². The number of hydrogen-bond donors (Lipinski definition) is 2. The molecular formula is C28H35N3O3. The molecule has 0 aromatic heterocycles. The van der Waals surface area contributed by atoms with Gasteiger partial charge < -0.3 is 15.5 Å². The molecular weight excluding hydrogens is 426 g/mol. The number of piperidine rings is 1. The van der Waals surface area contributed by atoms with E-state index >= 15 is 0 Å². The summed E-state index contributed by atoms with van der Waals surface area (Å²) in [6, 6.07) is 18.0. The highest BCUT2D eigenvalue weighted by Gasteiger charge is 2.31. The second-order valence-electron chi connectivity index (χ2n) is 9.52. The first kappa shape index (κ1) is 24.0. The van der Waals surface area contributed by atoms with Crippen molar-refractivity contribution in [3.63, 3.8) is 0 Å². The van der Waals surface area contributed by atoms with Gasteiger partial charge in [-0.05, 0) is 43.4 Å². The Morgan fingerprint density at radius 2 is 1.44 bits per heavy atom. The maximum atomic E-state index is 13.2. The van der Waals surface area contributed by atoms with Gasteiger partial charge in [0.15, 0.2) is 0 Å². The third-order valence-corrected chi connectivity index (χ3v) is 7.05. The molecule has 2 aliphatic rings. The molecule has 1 atom stereocenters. The van der Waals surface area contributed by atoms with Gasteiger partial charge in [0.2, 0.25) is 11.8 Å². The van der Waals surface area contributed by atoms with E-state index < -0.39 is 6.04 Å². The highest BCUT2D eigenvalue weighted by molar-refractivity contribution is 5.97. The normalized spacial score (nSPS) is 18.2. The quantitative estimate of drug-likeness (QED) is 0.660. The molecule has 4 rings (SSSR count). The number of carbonyl (C=O) groups is 3. The lowest BCUT2D eigenvalue weighted by Gasteiger charge is -2.36. The Morgan fingerprint density at radius 3 is 2.09 bits per heavy atom. The van der Waals surface area contributed by atoms with Gasteiger partial charge in [0.1, 0.15) is 6.04 Å². The minimum Gasteiger partial charge on any atom is -0.351 e. The number of rotatable bonds is 7. The second-order valence-corrected chi connectivity index (χ2v) is 9.52. The van der Waals surface area contributed by atoms with Crippen molar-refractivity contribution in [2.24, 2.45) is 5.92 Å². The molecule has 3 amide bonds. The molecule has 1 saturated carbocycles. The molecule has 2 aromatic carbocycles. The van der Waals surface area contributed by atoms with Crippen molar-refractivity contribution >= 4 is 17.7 Å². The van der Waals surface area contributed by atoms with Gasteiger partial charge in [0.05, 0.1) is 0 Å². The zero-order valence-electron chi connectivity index (χ0n) is 19.7. The summed E-state index contributed by atoms with van der Waals surface area (Å²) in [6.07, 6.45) is 7.48. The number of amides is 3. The van der Waals surface area contributed by atoms with E-state index in [-0.39, 0.29) is 23.8 Å². The predicted octanol–water partition coefficient (Wildman–Crippen LogP) is 3.72. The number of nitrogens with zero attached hydrogens (tertiary/aromatic N) is 1. The number of carbonyl (C=O) groups excluding carboxylic acids is 3. The lowest BCUT2D eigenvalue weighted by molar-refractivity contribution is -0.137. The number of hydrogen-bond acceptors (Lipinski definition) is 3. The summed E-state index contributed by atoms with van der Waals surface area (Å²) in [5.74, 6) is 0.0414. The van der Waals surface area contributed by atoms with E-state index in [9.17, 15) is 14.4 Å². The van der Waals surface area contributed by atoms with E-state index in [1.165, 1.54) is 6.42 Å². The molecule has 0 bridgehead atoms. The van der Waals surface area contributed by atoms with Crippen LogP contribution < -0.4 is 10.6 Å². The minimum atomic E-state index is -0.669. The summed E-state index contributed by atoms with van der Waals surface area (Å²) in [5, 5.41) is 6.07. The zero-order valence-corrected chi connectivity index (χ0v) is 19.7. The fourth-order valence-corrected chi connectivity index (χ4v) is 5.04. The monoisotopic (exact) mass is 461 g/mol. The van der Waals surface area contributed by atoms with Crippen LogP contribution in [0, 0.1) is 5.92 Å². The summed E-state index contributed by atoms with van der Waals surface area (Å²) < 4.78 is 0. The molecule has 6 nitrogen and oxygen atoms in total. The molecule has 2 fully saturated rings. The molecule has 2 N–H and O–H groups in total. The van der Waals surface area contributed by atoms with Crippen LogP contribution in [0.15, 0.2) is 60.7 Å². The highest BCUT2D eigenvalue weighted by atomic mass is 16.2. The van der Waals surface area contributed by atoms with E-state index in [1.807, 2.05) is 53.4 Å². The topological polar surface area (TPSA) is 78.5 Å². The van der Waals surface area contributed by atoms with E-state index in [0.717, 1.165) is 44.1 Å². The van der Waals surface area contributed by atoms with Gasteiger partial charge >= 0.3 is 0 Å². The van der Waals surface area contributed by atoms with Crippen LogP contribution in [0.5, 0.6) is 0 Å². The summed E-state index contributed by atoms with van der Waals surface area (Å²) in [5.41, 5.74) is 1.52. The number of benzene rings is 2. The minimum absolute atomic E-state index is 0.00908. The van der Waals surface area contributed by atoms with Crippen LogP contribution in [-0.4, -0.2) is 47.8 Å². The van der Waals surface area contributed by atoms with Gasteiger partial charge in [-0.3, -0.25) is 14.4 Å². The molecule has 1 aliphatic carbocycles. The lowest BCUT2D eigenvalue weighted by atomic mass is 9.87. The van der Waals surface area contributed by atoms with Gasteiger partial charge in [0, 0.05) is 37.0 Å². The Kier molecular flexibility index (Phi) is 8.34. The SMILES string of the molecule is O=C(NC(Cc1ccccc1)C(=O)NC1CCN(C(=O)C2CCCCC2)CC1)c1ccccc1. The summed E-state index contributed by atoms with van der Waals surface area (Å²) in [6.45, 7) is 1.36. The van der Waals surface area contributed by atoms with Crippen LogP contribution in [-0.2, 0) is 16.0 Å². The largest absolute Gasteiger partial charge is 0.351 e. The Bertz CT molecular complexity index is 949. The average Bonchev–Trinajstić information content (AvgIpc) is 2.90. The highest BCUT2D eigenvalue weighted by Crippen LogP contribution is 2.26. The van der Waals surface area contributed by atoms with Crippen LogP contribution in [0.2, 0.25) is 0 Å².